The van der Waals surface area contributed by atoms with E-state index in [2.05, 4.69) is 5.32 Å². The number of imide groups is 1. The van der Waals surface area contributed by atoms with Crippen LogP contribution in [0.15, 0.2) is 48.2 Å². The fourth-order valence-electron chi connectivity index (χ4n) is 2.79. The van der Waals surface area contributed by atoms with Crippen LogP contribution in [0.4, 0.5) is 9.18 Å². The summed E-state index contributed by atoms with van der Waals surface area (Å²) in [6.07, 6.45) is 0.238. The highest BCUT2D eigenvalue weighted by molar-refractivity contribution is 6.13. The lowest BCUT2D eigenvalue weighted by Crippen LogP contribution is -2.37. The van der Waals surface area contributed by atoms with Gasteiger partial charge in [-0.15, -0.1) is 0 Å². The number of hydrogen-bond acceptors (Lipinski definition) is 6. The van der Waals surface area contributed by atoms with Gasteiger partial charge in [0.2, 0.25) is 0 Å². The molecule has 0 spiro atoms. The van der Waals surface area contributed by atoms with Crippen LogP contribution in [0.2, 0.25) is 0 Å². The Balaban J connectivity index is 1.81. The van der Waals surface area contributed by atoms with Gasteiger partial charge < -0.3 is 24.7 Å². The highest BCUT2D eigenvalue weighted by atomic mass is 19.1. The number of carboxylic acids is 1. The van der Waals surface area contributed by atoms with Gasteiger partial charge in [0, 0.05) is 5.56 Å². The summed E-state index contributed by atoms with van der Waals surface area (Å²) in [4.78, 5) is 36.6. The number of carbonyl (C=O) groups is 3. The molecular weight excluding hydrogens is 395 g/mol. The Morgan fingerprint density at radius 3 is 2.63 bits per heavy atom. The summed E-state index contributed by atoms with van der Waals surface area (Å²) in [6.45, 7) is 1.12. The van der Waals surface area contributed by atoms with Gasteiger partial charge in [0.25, 0.3) is 5.91 Å². The minimum Gasteiger partial charge on any atom is -0.546 e. The second-order valence-corrected chi connectivity index (χ2v) is 6.46. The monoisotopic (exact) mass is 413 g/mol. The van der Waals surface area contributed by atoms with E-state index >= 15 is 0 Å². The van der Waals surface area contributed by atoms with Crippen LogP contribution >= 0.6 is 0 Å². The molecule has 1 atom stereocenters. The van der Waals surface area contributed by atoms with Gasteiger partial charge >= 0.3 is 6.03 Å². The average Bonchev–Trinajstić information content (AvgIpc) is 2.97. The van der Waals surface area contributed by atoms with Gasteiger partial charge in [0.1, 0.15) is 17.6 Å². The van der Waals surface area contributed by atoms with Crippen molar-refractivity contribution in [3.63, 3.8) is 0 Å². The summed E-state index contributed by atoms with van der Waals surface area (Å²) in [5.74, 6) is -2.08. The molecule has 1 aliphatic rings. The fourth-order valence-corrected chi connectivity index (χ4v) is 2.79. The third-order valence-electron chi connectivity index (χ3n) is 4.38. The number of carbonyl (C=O) groups excluding carboxylic acids is 3. The Bertz CT molecular complexity index is 1040. The number of nitrogens with one attached hydrogen (secondary N) is 1. The first-order valence-corrected chi connectivity index (χ1v) is 8.93. The van der Waals surface area contributed by atoms with E-state index in [4.69, 9.17) is 9.47 Å². The Morgan fingerprint density at radius 2 is 1.97 bits per heavy atom. The molecule has 1 aliphatic heterocycles. The van der Waals surface area contributed by atoms with E-state index in [9.17, 15) is 23.9 Å². The summed E-state index contributed by atoms with van der Waals surface area (Å²) in [6, 6.07) is 9.77. The van der Waals surface area contributed by atoms with Crippen LogP contribution in [-0.4, -0.2) is 36.0 Å². The summed E-state index contributed by atoms with van der Waals surface area (Å²) < 4.78 is 24.3. The summed E-state index contributed by atoms with van der Waals surface area (Å²) in [5, 5.41) is 13.3. The lowest BCUT2D eigenvalue weighted by atomic mass is 10.1. The average molecular weight is 413 g/mol. The number of halogens is 1. The number of nitrogens with zero attached hydrogens (tertiary/aromatic N) is 1. The van der Waals surface area contributed by atoms with E-state index in [1.807, 2.05) is 0 Å². The molecule has 8 nitrogen and oxygen atoms in total. The van der Waals surface area contributed by atoms with Crippen molar-refractivity contribution in [3.05, 3.63) is 65.1 Å². The summed E-state index contributed by atoms with van der Waals surface area (Å²) in [7, 11) is 1.38. The van der Waals surface area contributed by atoms with Crippen molar-refractivity contribution in [2.45, 2.75) is 19.6 Å². The van der Waals surface area contributed by atoms with Crippen LogP contribution < -0.4 is 19.9 Å². The number of hydrogen-bond donors (Lipinski definition) is 1. The molecule has 30 heavy (non-hydrogen) atoms. The molecule has 9 heteroatoms. The number of ether oxygens (including phenoxy) is 2. The number of benzene rings is 2. The quantitative estimate of drug-likeness (QED) is 0.544. The Kier molecular flexibility index (Phi) is 6.01. The number of urea groups is 1. The maximum atomic E-state index is 13.9. The van der Waals surface area contributed by atoms with Crippen molar-refractivity contribution in [1.82, 2.24) is 10.2 Å². The summed E-state index contributed by atoms with van der Waals surface area (Å²) >= 11 is 0. The van der Waals surface area contributed by atoms with Gasteiger partial charge in [0.05, 0.1) is 19.6 Å². The molecule has 1 N–H and O–H groups in total. The van der Waals surface area contributed by atoms with Crippen molar-refractivity contribution >= 4 is 24.0 Å². The predicted octanol–water partition coefficient (Wildman–Crippen LogP) is 1.44. The molecule has 1 fully saturated rings. The van der Waals surface area contributed by atoms with Crippen LogP contribution in [0.3, 0.4) is 0 Å². The van der Waals surface area contributed by atoms with E-state index in [-0.39, 0.29) is 29.3 Å². The van der Waals surface area contributed by atoms with Crippen molar-refractivity contribution < 1.29 is 33.4 Å². The van der Waals surface area contributed by atoms with Gasteiger partial charge in [-0.3, -0.25) is 9.69 Å². The van der Waals surface area contributed by atoms with Crippen LogP contribution in [0.5, 0.6) is 11.5 Å². The molecule has 0 aromatic heterocycles. The maximum absolute atomic E-state index is 13.9. The first-order chi connectivity index (χ1) is 14.3. The van der Waals surface area contributed by atoms with Crippen molar-refractivity contribution in [2.75, 3.05) is 7.11 Å². The van der Waals surface area contributed by atoms with Crippen molar-refractivity contribution in [3.8, 4) is 11.5 Å². The lowest BCUT2D eigenvalue weighted by Gasteiger charge is -2.17. The summed E-state index contributed by atoms with van der Waals surface area (Å²) in [5.41, 5.74) is 0.722. The smallest absolute Gasteiger partial charge is 0.329 e. The Hall–Kier alpha value is -3.88. The molecule has 1 heterocycles. The zero-order valence-electron chi connectivity index (χ0n) is 16.2. The zero-order valence-corrected chi connectivity index (χ0v) is 16.2. The molecule has 0 radical (unpaired) electrons. The van der Waals surface area contributed by atoms with Gasteiger partial charge in [-0.2, -0.15) is 0 Å². The maximum Gasteiger partial charge on any atom is 0.329 e. The van der Waals surface area contributed by atoms with Gasteiger partial charge in [0.15, 0.2) is 11.5 Å². The highest BCUT2D eigenvalue weighted by Gasteiger charge is 2.34. The number of rotatable bonds is 7. The first-order valence-electron chi connectivity index (χ1n) is 8.93. The second-order valence-electron chi connectivity index (χ2n) is 6.46. The van der Waals surface area contributed by atoms with E-state index < -0.39 is 29.8 Å². The first kappa shape index (κ1) is 20.8. The SMILES string of the molecule is COc1cc(/C=C2\NC(=O)N(Cc3ccccc3F)C2=O)ccc1O[C@H](C)C(=O)[O-]. The molecule has 0 unspecified atom stereocenters. The Labute approximate surface area is 171 Å². The topological polar surface area (TPSA) is 108 Å². The van der Waals surface area contributed by atoms with Gasteiger partial charge in [-0.1, -0.05) is 24.3 Å². The molecule has 0 bridgehead atoms. The van der Waals surface area contributed by atoms with Crippen LogP contribution in [0, 0.1) is 5.82 Å². The molecule has 3 rings (SSSR count). The molecule has 156 valence electrons. The highest BCUT2D eigenvalue weighted by Crippen LogP contribution is 2.30. The van der Waals surface area contributed by atoms with Crippen LogP contribution in [-0.2, 0) is 16.1 Å². The molecule has 3 amide bonds. The molecule has 0 aliphatic carbocycles. The standard InChI is InChI=1S/C21H19FN2O6/c1-12(20(26)27)30-17-8-7-13(10-18(17)29-2)9-16-19(25)24(21(28)23-16)11-14-5-3-4-6-15(14)22/h3-10,12H,11H2,1-2H3,(H,23,28)(H,26,27)/p-1/b16-9-/t12-/m1/s1. The minimum absolute atomic E-state index is 0.00941. The zero-order chi connectivity index (χ0) is 21.8. The molecular formula is C21H18FN2O6-. The number of aliphatic carboxylic acids is 1. The molecule has 2 aromatic rings. The van der Waals surface area contributed by atoms with E-state index in [0.717, 1.165) is 4.90 Å². The molecule has 2 aromatic carbocycles. The predicted molar refractivity (Wildman–Crippen MR) is 102 cm³/mol. The van der Waals surface area contributed by atoms with E-state index in [1.165, 1.54) is 50.4 Å². The largest absolute Gasteiger partial charge is 0.546 e. The van der Waals surface area contributed by atoms with E-state index in [1.54, 1.807) is 12.1 Å². The fraction of sp³-hybridized carbons (Fsp3) is 0.190. The van der Waals surface area contributed by atoms with Crippen LogP contribution in [0.25, 0.3) is 6.08 Å². The molecule has 1 saturated heterocycles. The minimum atomic E-state index is -1.38. The van der Waals surface area contributed by atoms with Crippen molar-refractivity contribution in [2.24, 2.45) is 0 Å². The molecule has 0 saturated carbocycles. The normalized spacial score (nSPS) is 15.8. The number of methoxy groups -OCH3 is 1. The van der Waals surface area contributed by atoms with Gasteiger partial charge in [-0.25, -0.2) is 9.18 Å². The van der Waals surface area contributed by atoms with Gasteiger partial charge in [-0.05, 0) is 36.8 Å². The third kappa shape index (κ3) is 4.40. The number of amides is 3. The van der Waals surface area contributed by atoms with Crippen LogP contribution in [0.1, 0.15) is 18.1 Å². The van der Waals surface area contributed by atoms with Crippen molar-refractivity contribution in [1.29, 1.82) is 0 Å². The second kappa shape index (κ2) is 8.64. The number of carboxylic acid groups (broad SMARTS) is 1. The Morgan fingerprint density at radius 1 is 1.23 bits per heavy atom. The third-order valence-corrected chi connectivity index (χ3v) is 4.38. The van der Waals surface area contributed by atoms with E-state index in [0.29, 0.717) is 5.56 Å². The lowest BCUT2D eigenvalue weighted by molar-refractivity contribution is -0.312.